The van der Waals surface area contributed by atoms with E-state index in [9.17, 15) is 18.0 Å². The highest BCUT2D eigenvalue weighted by Crippen LogP contribution is 2.14. The van der Waals surface area contributed by atoms with Gasteiger partial charge in [0, 0.05) is 6.07 Å². The van der Waals surface area contributed by atoms with E-state index < -0.39 is 24.9 Å². The van der Waals surface area contributed by atoms with Crippen LogP contribution in [-0.4, -0.2) is 22.8 Å². The zero-order chi connectivity index (χ0) is 12.2. The molecule has 0 aliphatic carbocycles. The van der Waals surface area contributed by atoms with Gasteiger partial charge in [-0.15, -0.1) is 11.6 Å². The van der Waals surface area contributed by atoms with E-state index in [0.717, 1.165) is 0 Å². The van der Waals surface area contributed by atoms with E-state index >= 15 is 0 Å². The van der Waals surface area contributed by atoms with Crippen molar-refractivity contribution in [3.8, 4) is 0 Å². The van der Waals surface area contributed by atoms with Crippen LogP contribution in [0.15, 0.2) is 10.9 Å². The fraction of sp³-hybridized carbons (Fsp3) is 0.500. The average Bonchev–Trinajstić information content (AvgIpc) is 2.14. The van der Waals surface area contributed by atoms with Crippen LogP contribution < -0.4 is 5.56 Å². The number of aromatic amines is 1. The maximum Gasteiger partial charge on any atom is 0.411 e. The molecule has 0 aliphatic heterocycles. The number of nitrogens with one attached hydrogen (secondary N) is 1. The summed E-state index contributed by atoms with van der Waals surface area (Å²) >= 11 is 5.44. The second-order valence-corrected chi connectivity index (χ2v) is 3.19. The van der Waals surface area contributed by atoms with E-state index in [2.05, 4.69) is 14.7 Å². The Kier molecular flexibility index (Phi) is 4.31. The molecule has 16 heavy (non-hydrogen) atoms. The van der Waals surface area contributed by atoms with E-state index in [1.807, 2.05) is 0 Å². The van der Waals surface area contributed by atoms with Gasteiger partial charge < -0.3 is 9.72 Å². The molecular formula is C8H8ClF3N2O2. The van der Waals surface area contributed by atoms with Crippen molar-refractivity contribution in [1.29, 1.82) is 0 Å². The minimum Gasteiger partial charge on any atom is -0.364 e. The Hall–Kier alpha value is -1.08. The molecule has 1 aromatic rings. The Morgan fingerprint density at radius 2 is 2.19 bits per heavy atom. The summed E-state index contributed by atoms with van der Waals surface area (Å²) in [7, 11) is 0. The SMILES string of the molecule is O=c1cc(CCl)nc(COCC(F)(F)F)[nH]1. The van der Waals surface area contributed by atoms with Crippen molar-refractivity contribution in [3.05, 3.63) is 27.9 Å². The first-order valence-electron chi connectivity index (χ1n) is 4.20. The van der Waals surface area contributed by atoms with Crippen LogP contribution in [0.5, 0.6) is 0 Å². The molecule has 0 unspecified atom stereocenters. The number of H-pyrrole nitrogens is 1. The van der Waals surface area contributed by atoms with E-state index in [1.54, 1.807) is 0 Å². The number of halogens is 4. The zero-order valence-corrected chi connectivity index (χ0v) is 8.73. The molecule has 0 aliphatic rings. The summed E-state index contributed by atoms with van der Waals surface area (Å²) in [5.74, 6) is 0.0309. The third-order valence-electron chi connectivity index (χ3n) is 1.49. The highest BCUT2D eigenvalue weighted by Gasteiger charge is 2.27. The molecule has 1 aromatic heterocycles. The van der Waals surface area contributed by atoms with Gasteiger partial charge in [-0.1, -0.05) is 0 Å². The van der Waals surface area contributed by atoms with Gasteiger partial charge in [-0.2, -0.15) is 13.2 Å². The largest absolute Gasteiger partial charge is 0.411 e. The van der Waals surface area contributed by atoms with Crippen LogP contribution in [-0.2, 0) is 17.2 Å². The molecule has 1 N–H and O–H groups in total. The maximum atomic E-state index is 11.7. The molecule has 0 spiro atoms. The van der Waals surface area contributed by atoms with Gasteiger partial charge in [0.25, 0.3) is 5.56 Å². The van der Waals surface area contributed by atoms with Crippen molar-refractivity contribution >= 4 is 11.6 Å². The van der Waals surface area contributed by atoms with E-state index in [1.165, 1.54) is 6.07 Å². The highest BCUT2D eigenvalue weighted by atomic mass is 35.5. The van der Waals surface area contributed by atoms with E-state index in [0.29, 0.717) is 0 Å². The summed E-state index contributed by atoms with van der Waals surface area (Å²) in [5, 5.41) is 0. The molecule has 0 aromatic carbocycles. The summed E-state index contributed by atoms with van der Waals surface area (Å²) in [6.45, 7) is -1.80. The smallest absolute Gasteiger partial charge is 0.364 e. The fourth-order valence-electron chi connectivity index (χ4n) is 0.963. The quantitative estimate of drug-likeness (QED) is 0.833. The topological polar surface area (TPSA) is 55.0 Å². The molecule has 4 nitrogen and oxygen atoms in total. The van der Waals surface area contributed by atoms with Gasteiger partial charge in [0.15, 0.2) is 0 Å². The number of ether oxygens (including phenoxy) is 1. The first-order chi connectivity index (χ1) is 7.40. The van der Waals surface area contributed by atoms with Gasteiger partial charge in [-0.05, 0) is 0 Å². The highest BCUT2D eigenvalue weighted by molar-refractivity contribution is 6.16. The molecular weight excluding hydrogens is 249 g/mol. The van der Waals surface area contributed by atoms with Gasteiger partial charge in [0.1, 0.15) is 19.0 Å². The van der Waals surface area contributed by atoms with Crippen molar-refractivity contribution < 1.29 is 17.9 Å². The lowest BCUT2D eigenvalue weighted by Gasteiger charge is -2.07. The lowest BCUT2D eigenvalue weighted by atomic mass is 10.4. The zero-order valence-electron chi connectivity index (χ0n) is 7.97. The Morgan fingerprint density at radius 1 is 1.50 bits per heavy atom. The predicted octanol–water partition coefficient (Wildman–Crippen LogP) is 1.59. The van der Waals surface area contributed by atoms with Gasteiger partial charge in [0.05, 0.1) is 11.6 Å². The predicted molar refractivity (Wildman–Crippen MR) is 50.1 cm³/mol. The number of alkyl halides is 4. The lowest BCUT2D eigenvalue weighted by Crippen LogP contribution is -2.19. The normalized spacial score (nSPS) is 11.8. The van der Waals surface area contributed by atoms with E-state index in [4.69, 9.17) is 11.6 Å². The summed E-state index contributed by atoms with van der Waals surface area (Å²) in [5.41, 5.74) is -0.188. The molecule has 0 radical (unpaired) electrons. The maximum absolute atomic E-state index is 11.7. The minimum absolute atomic E-state index is 0.0101. The number of rotatable bonds is 4. The minimum atomic E-state index is -4.40. The second-order valence-electron chi connectivity index (χ2n) is 2.93. The molecule has 0 atom stereocenters. The molecule has 1 heterocycles. The molecule has 8 heteroatoms. The second kappa shape index (κ2) is 5.31. The summed E-state index contributed by atoms with van der Waals surface area (Å²) < 4.78 is 39.6. The molecule has 0 amide bonds. The molecule has 90 valence electrons. The van der Waals surface area contributed by atoms with Crippen molar-refractivity contribution in [2.45, 2.75) is 18.7 Å². The van der Waals surface area contributed by atoms with Crippen molar-refractivity contribution in [2.75, 3.05) is 6.61 Å². The van der Waals surface area contributed by atoms with Gasteiger partial charge in [0.2, 0.25) is 0 Å². The molecule has 0 saturated heterocycles. The van der Waals surface area contributed by atoms with Gasteiger partial charge >= 0.3 is 6.18 Å². The van der Waals surface area contributed by atoms with Gasteiger partial charge in [-0.3, -0.25) is 4.79 Å². The number of hydrogen-bond acceptors (Lipinski definition) is 3. The van der Waals surface area contributed by atoms with Crippen LogP contribution in [0.4, 0.5) is 13.2 Å². The van der Waals surface area contributed by atoms with Crippen LogP contribution in [0.3, 0.4) is 0 Å². The van der Waals surface area contributed by atoms with Crippen LogP contribution in [0, 0.1) is 0 Å². The third-order valence-corrected chi connectivity index (χ3v) is 1.76. The molecule has 0 saturated carbocycles. The van der Waals surface area contributed by atoms with Crippen LogP contribution >= 0.6 is 11.6 Å². The Morgan fingerprint density at radius 3 is 2.75 bits per heavy atom. The Labute approximate surface area is 93.4 Å². The van der Waals surface area contributed by atoms with E-state index in [-0.39, 0.29) is 17.4 Å². The third kappa shape index (κ3) is 4.63. The van der Waals surface area contributed by atoms with Crippen LogP contribution in [0.2, 0.25) is 0 Å². The number of aromatic nitrogens is 2. The molecule has 1 rings (SSSR count). The number of hydrogen-bond donors (Lipinski definition) is 1. The summed E-state index contributed by atoms with van der Waals surface area (Å²) in [6.07, 6.45) is -4.40. The van der Waals surface area contributed by atoms with Crippen LogP contribution in [0.1, 0.15) is 11.5 Å². The number of nitrogens with zero attached hydrogens (tertiary/aromatic N) is 1. The molecule has 0 bridgehead atoms. The van der Waals surface area contributed by atoms with Crippen LogP contribution in [0.25, 0.3) is 0 Å². The van der Waals surface area contributed by atoms with Crippen molar-refractivity contribution in [1.82, 2.24) is 9.97 Å². The first-order valence-corrected chi connectivity index (χ1v) is 4.74. The summed E-state index contributed by atoms with van der Waals surface area (Å²) in [4.78, 5) is 17.0. The average molecular weight is 257 g/mol. The lowest BCUT2D eigenvalue weighted by molar-refractivity contribution is -0.177. The van der Waals surface area contributed by atoms with Gasteiger partial charge in [-0.25, -0.2) is 4.98 Å². The first kappa shape index (κ1) is 13.0. The Bertz CT molecular complexity index is 405. The molecule has 0 fully saturated rings. The fourth-order valence-corrected chi connectivity index (χ4v) is 1.10. The summed E-state index contributed by atoms with van der Waals surface area (Å²) in [6, 6.07) is 1.17. The van der Waals surface area contributed by atoms with Crippen molar-refractivity contribution in [2.24, 2.45) is 0 Å². The Balaban J connectivity index is 2.60. The standard InChI is InChI=1S/C8H8ClF3N2O2/c9-2-5-1-7(15)14-6(13-5)3-16-4-8(10,11)12/h1H,2-4H2,(H,13,14,15). The monoisotopic (exact) mass is 256 g/mol. The van der Waals surface area contributed by atoms with Crippen molar-refractivity contribution in [3.63, 3.8) is 0 Å².